The van der Waals surface area contributed by atoms with Crippen LogP contribution in [-0.4, -0.2) is 43.9 Å². The monoisotopic (exact) mass is 343 g/mol. The number of hydrogen-bond donors (Lipinski definition) is 0. The van der Waals surface area contributed by atoms with Gasteiger partial charge in [0.15, 0.2) is 0 Å². The van der Waals surface area contributed by atoms with Crippen LogP contribution in [0, 0.1) is 6.92 Å². The minimum absolute atomic E-state index is 0.203. The van der Waals surface area contributed by atoms with Gasteiger partial charge in [-0.2, -0.15) is 4.31 Å². The Hall–Kier alpha value is 0.150. The molecule has 8 heteroatoms. The minimum Gasteiger partial charge on any atom is -0.374 e. The van der Waals surface area contributed by atoms with E-state index in [1.165, 1.54) is 4.31 Å². The van der Waals surface area contributed by atoms with Crippen molar-refractivity contribution in [2.45, 2.75) is 30.2 Å². The van der Waals surface area contributed by atoms with Crippen LogP contribution in [0.1, 0.15) is 12.5 Å². The average molecular weight is 344 g/mol. The highest BCUT2D eigenvalue weighted by atomic mass is 35.5. The first kappa shape index (κ1) is 15.5. The van der Waals surface area contributed by atoms with Crippen LogP contribution in [0.15, 0.2) is 10.3 Å². The number of morpholine rings is 1. The summed E-state index contributed by atoms with van der Waals surface area (Å²) in [5.74, 6) is 0.281. The zero-order valence-corrected chi connectivity index (χ0v) is 13.7. The Kier molecular flexibility index (Phi) is 4.80. The van der Waals surface area contributed by atoms with E-state index in [9.17, 15) is 8.42 Å². The number of nitrogens with zero attached hydrogens (tertiary/aromatic N) is 1. The molecule has 2 atom stereocenters. The normalized spacial score (nSPS) is 25.7. The molecule has 0 aliphatic carbocycles. The first-order chi connectivity index (χ1) is 8.86. The first-order valence-corrected chi connectivity index (χ1v) is 8.98. The van der Waals surface area contributed by atoms with E-state index in [1.807, 2.05) is 6.92 Å². The molecule has 1 aromatic heterocycles. The smallest absolute Gasteiger partial charge is 0.253 e. The molecule has 2 rings (SSSR count). The molecule has 19 heavy (non-hydrogen) atoms. The first-order valence-electron chi connectivity index (χ1n) is 5.81. The Labute approximate surface area is 127 Å². The summed E-state index contributed by atoms with van der Waals surface area (Å²) in [6, 6.07) is 1.41. The highest BCUT2D eigenvalue weighted by Crippen LogP contribution is 2.33. The van der Waals surface area contributed by atoms with Gasteiger partial charge in [-0.25, -0.2) is 8.42 Å². The lowest BCUT2D eigenvalue weighted by Gasteiger charge is -2.35. The van der Waals surface area contributed by atoms with E-state index in [2.05, 4.69) is 0 Å². The molecule has 0 radical (unpaired) electrons. The van der Waals surface area contributed by atoms with Crippen molar-refractivity contribution in [2.24, 2.45) is 0 Å². The van der Waals surface area contributed by atoms with Crippen LogP contribution in [-0.2, 0) is 14.8 Å². The van der Waals surface area contributed by atoms with Gasteiger partial charge < -0.3 is 4.74 Å². The molecule has 2 heterocycles. The van der Waals surface area contributed by atoms with E-state index < -0.39 is 10.0 Å². The van der Waals surface area contributed by atoms with Crippen molar-refractivity contribution in [1.82, 2.24) is 4.31 Å². The van der Waals surface area contributed by atoms with Gasteiger partial charge in [-0.15, -0.1) is 22.9 Å². The van der Waals surface area contributed by atoms with E-state index in [0.717, 1.165) is 16.9 Å². The molecule has 1 aliphatic heterocycles. The maximum absolute atomic E-state index is 12.6. The van der Waals surface area contributed by atoms with E-state index in [-0.39, 0.29) is 28.8 Å². The topological polar surface area (TPSA) is 46.6 Å². The predicted molar refractivity (Wildman–Crippen MR) is 77.9 cm³/mol. The molecule has 0 aromatic carbocycles. The van der Waals surface area contributed by atoms with Gasteiger partial charge in [-0.05, 0) is 25.5 Å². The van der Waals surface area contributed by atoms with Crippen LogP contribution in [0.2, 0.25) is 4.34 Å². The van der Waals surface area contributed by atoms with Crippen molar-refractivity contribution in [2.75, 3.05) is 19.0 Å². The average Bonchev–Trinajstić information content (AvgIpc) is 2.71. The van der Waals surface area contributed by atoms with Gasteiger partial charge in [0.25, 0.3) is 10.0 Å². The van der Waals surface area contributed by atoms with Crippen LogP contribution < -0.4 is 0 Å². The summed E-state index contributed by atoms with van der Waals surface area (Å²) in [5.41, 5.74) is 0.778. The van der Waals surface area contributed by atoms with Crippen molar-refractivity contribution >= 4 is 44.6 Å². The number of ether oxygens (including phenoxy) is 1. The molecule has 1 aromatic rings. The Morgan fingerprint density at radius 3 is 2.79 bits per heavy atom. The zero-order valence-electron chi connectivity index (χ0n) is 10.6. The molecule has 1 fully saturated rings. The standard InChI is InChI=1S/C11H15Cl2NO3S2/c1-7-3-10(18-11(7)13)19(15,16)14-5-9(4-12)17-6-8(14)2/h3,8-9H,4-6H2,1-2H3. The molecule has 0 bridgehead atoms. The predicted octanol–water partition coefficient (Wildman–Crippen LogP) is 2.73. The van der Waals surface area contributed by atoms with Crippen LogP contribution in [0.5, 0.6) is 0 Å². The summed E-state index contributed by atoms with van der Waals surface area (Å²) in [5, 5.41) is 0. The van der Waals surface area contributed by atoms with Gasteiger partial charge in [0, 0.05) is 18.5 Å². The second kappa shape index (κ2) is 5.87. The molecular weight excluding hydrogens is 329 g/mol. The highest BCUT2D eigenvalue weighted by molar-refractivity contribution is 7.91. The molecule has 108 valence electrons. The van der Waals surface area contributed by atoms with Gasteiger partial charge in [0.05, 0.1) is 17.0 Å². The van der Waals surface area contributed by atoms with Gasteiger partial charge in [0.1, 0.15) is 4.21 Å². The van der Waals surface area contributed by atoms with Crippen molar-refractivity contribution in [3.05, 3.63) is 16.0 Å². The number of thiophene rings is 1. The van der Waals surface area contributed by atoms with Crippen molar-refractivity contribution in [3.63, 3.8) is 0 Å². The lowest BCUT2D eigenvalue weighted by Crippen LogP contribution is -2.51. The Bertz CT molecular complexity index is 539. The molecule has 0 N–H and O–H groups in total. The lowest BCUT2D eigenvalue weighted by atomic mass is 10.2. The van der Waals surface area contributed by atoms with Gasteiger partial charge in [-0.1, -0.05) is 11.6 Å². The molecule has 2 unspecified atom stereocenters. The fourth-order valence-corrected chi connectivity index (χ4v) is 5.57. The maximum atomic E-state index is 12.6. The second-order valence-electron chi connectivity index (χ2n) is 4.56. The third-order valence-corrected chi connectivity index (χ3v) is 7.35. The molecule has 0 amide bonds. The fraction of sp³-hybridized carbons (Fsp3) is 0.636. The number of sulfonamides is 1. The van der Waals surface area contributed by atoms with Crippen molar-refractivity contribution in [3.8, 4) is 0 Å². The van der Waals surface area contributed by atoms with E-state index >= 15 is 0 Å². The molecule has 0 spiro atoms. The number of halogens is 2. The number of hydrogen-bond acceptors (Lipinski definition) is 4. The quantitative estimate of drug-likeness (QED) is 0.792. The van der Waals surface area contributed by atoms with E-state index in [1.54, 1.807) is 13.0 Å². The zero-order chi connectivity index (χ0) is 14.2. The summed E-state index contributed by atoms with van der Waals surface area (Å²) in [6.45, 7) is 4.25. The molecular formula is C11H15Cl2NO3S2. The maximum Gasteiger partial charge on any atom is 0.253 e. The van der Waals surface area contributed by atoms with E-state index in [0.29, 0.717) is 10.9 Å². The minimum atomic E-state index is -3.53. The molecule has 4 nitrogen and oxygen atoms in total. The highest BCUT2D eigenvalue weighted by Gasteiger charge is 2.36. The fourth-order valence-electron chi connectivity index (χ4n) is 1.89. The van der Waals surface area contributed by atoms with Crippen LogP contribution in [0.25, 0.3) is 0 Å². The second-order valence-corrected chi connectivity index (χ2v) is 8.64. The van der Waals surface area contributed by atoms with Gasteiger partial charge in [-0.3, -0.25) is 0 Å². The molecule has 1 saturated heterocycles. The Balaban J connectivity index is 2.32. The number of rotatable bonds is 3. The summed E-state index contributed by atoms with van der Waals surface area (Å²) in [4.78, 5) is 0. The summed E-state index contributed by atoms with van der Waals surface area (Å²) >= 11 is 12.8. The Morgan fingerprint density at radius 2 is 2.26 bits per heavy atom. The van der Waals surface area contributed by atoms with Crippen LogP contribution in [0.3, 0.4) is 0 Å². The van der Waals surface area contributed by atoms with Crippen molar-refractivity contribution in [1.29, 1.82) is 0 Å². The third kappa shape index (κ3) is 3.09. The molecule has 0 saturated carbocycles. The molecule has 1 aliphatic rings. The van der Waals surface area contributed by atoms with Gasteiger partial charge in [0.2, 0.25) is 0 Å². The van der Waals surface area contributed by atoms with Crippen molar-refractivity contribution < 1.29 is 13.2 Å². The number of aryl methyl sites for hydroxylation is 1. The van der Waals surface area contributed by atoms with E-state index in [4.69, 9.17) is 27.9 Å². The summed E-state index contributed by atoms with van der Waals surface area (Å²) in [7, 11) is -3.53. The summed E-state index contributed by atoms with van der Waals surface area (Å²) < 4.78 is 32.9. The third-order valence-electron chi connectivity index (χ3n) is 3.02. The Morgan fingerprint density at radius 1 is 1.58 bits per heavy atom. The number of alkyl halides is 1. The SMILES string of the molecule is Cc1cc(S(=O)(=O)N2CC(CCl)OCC2C)sc1Cl. The van der Waals surface area contributed by atoms with Crippen LogP contribution in [0.4, 0.5) is 0 Å². The lowest BCUT2D eigenvalue weighted by molar-refractivity contribution is -0.0151. The largest absolute Gasteiger partial charge is 0.374 e. The van der Waals surface area contributed by atoms with Gasteiger partial charge >= 0.3 is 0 Å². The van der Waals surface area contributed by atoms with Crippen LogP contribution >= 0.6 is 34.5 Å². The summed E-state index contributed by atoms with van der Waals surface area (Å²) in [6.07, 6.45) is -0.260.